The van der Waals surface area contributed by atoms with E-state index in [2.05, 4.69) is 4.99 Å². The number of benzene rings is 2. The van der Waals surface area contributed by atoms with Crippen LogP contribution in [0.25, 0.3) is 12.2 Å². The highest BCUT2D eigenvalue weighted by atomic mass is 16.6. The van der Waals surface area contributed by atoms with Crippen LogP contribution in [-0.2, 0) is 9.53 Å². The van der Waals surface area contributed by atoms with Crippen LogP contribution in [0.15, 0.2) is 71.4 Å². The van der Waals surface area contributed by atoms with Crippen molar-refractivity contribution in [3.63, 3.8) is 0 Å². The molecule has 0 aromatic heterocycles. The lowest BCUT2D eigenvalue weighted by Crippen LogP contribution is -2.01. The Balaban J connectivity index is 1.80. The summed E-state index contributed by atoms with van der Waals surface area (Å²) >= 11 is 0. The van der Waals surface area contributed by atoms with Gasteiger partial charge in [0, 0.05) is 18.2 Å². The van der Waals surface area contributed by atoms with Crippen LogP contribution in [0.3, 0.4) is 0 Å². The van der Waals surface area contributed by atoms with E-state index in [-0.39, 0.29) is 17.3 Å². The molecule has 1 aliphatic heterocycles. The van der Waals surface area contributed by atoms with E-state index in [1.54, 1.807) is 24.3 Å². The Morgan fingerprint density at radius 3 is 2.50 bits per heavy atom. The number of hydrogen-bond donors (Lipinski definition) is 0. The number of cyclic esters (lactones) is 1. The Labute approximate surface area is 137 Å². The topological polar surface area (TPSA) is 81.8 Å². The Bertz CT molecular complexity index is 883. The van der Waals surface area contributed by atoms with Crippen molar-refractivity contribution in [1.82, 2.24) is 0 Å². The summed E-state index contributed by atoms with van der Waals surface area (Å²) in [6, 6.07) is 15.4. The maximum atomic E-state index is 11.8. The number of ether oxygens (including phenoxy) is 1. The normalized spacial score (nSPS) is 15.6. The quantitative estimate of drug-likeness (QED) is 0.373. The van der Waals surface area contributed by atoms with Gasteiger partial charge in [-0.15, -0.1) is 0 Å². The molecule has 2 aromatic rings. The molecule has 0 bridgehead atoms. The van der Waals surface area contributed by atoms with E-state index in [0.29, 0.717) is 5.56 Å². The van der Waals surface area contributed by atoms with Crippen molar-refractivity contribution in [3.8, 4) is 0 Å². The van der Waals surface area contributed by atoms with Gasteiger partial charge in [0.25, 0.3) is 5.69 Å². The molecule has 6 nitrogen and oxygen atoms in total. The Kier molecular flexibility index (Phi) is 4.29. The maximum absolute atomic E-state index is 11.8. The van der Waals surface area contributed by atoms with Crippen molar-refractivity contribution < 1.29 is 14.5 Å². The summed E-state index contributed by atoms with van der Waals surface area (Å²) in [5, 5.41) is 10.8. The first-order chi connectivity index (χ1) is 11.6. The lowest BCUT2D eigenvalue weighted by Gasteiger charge is -1.94. The molecule has 0 N–H and O–H groups in total. The van der Waals surface area contributed by atoms with E-state index in [1.807, 2.05) is 30.3 Å². The Hall–Kier alpha value is -3.54. The van der Waals surface area contributed by atoms with E-state index in [1.165, 1.54) is 18.2 Å². The van der Waals surface area contributed by atoms with Crippen molar-refractivity contribution in [3.05, 3.63) is 87.6 Å². The largest absolute Gasteiger partial charge is 0.403 e. The van der Waals surface area contributed by atoms with E-state index in [9.17, 15) is 14.9 Å². The first-order valence-corrected chi connectivity index (χ1v) is 7.12. The van der Waals surface area contributed by atoms with E-state index < -0.39 is 10.9 Å². The zero-order valence-corrected chi connectivity index (χ0v) is 12.5. The molecule has 24 heavy (non-hydrogen) atoms. The molecular formula is C18H12N2O4. The van der Waals surface area contributed by atoms with Crippen LogP contribution in [0.2, 0.25) is 0 Å². The summed E-state index contributed by atoms with van der Waals surface area (Å²) in [7, 11) is 0. The predicted octanol–water partition coefficient (Wildman–Crippen LogP) is 3.60. The van der Waals surface area contributed by atoms with Gasteiger partial charge in [-0.1, -0.05) is 42.5 Å². The number of hydrogen-bond acceptors (Lipinski definition) is 5. The van der Waals surface area contributed by atoms with Gasteiger partial charge in [-0.2, -0.15) is 0 Å². The molecular weight excluding hydrogens is 308 g/mol. The zero-order valence-electron chi connectivity index (χ0n) is 12.5. The molecule has 2 aromatic carbocycles. The van der Waals surface area contributed by atoms with Crippen molar-refractivity contribution in [2.45, 2.75) is 0 Å². The molecule has 0 unspecified atom stereocenters. The van der Waals surface area contributed by atoms with Gasteiger partial charge in [0.2, 0.25) is 5.90 Å². The van der Waals surface area contributed by atoms with Crippen LogP contribution >= 0.6 is 0 Å². The second kappa shape index (κ2) is 6.70. The van der Waals surface area contributed by atoms with Gasteiger partial charge >= 0.3 is 5.97 Å². The minimum absolute atomic E-state index is 0.00725. The number of carbonyl (C=O) groups is 1. The smallest absolute Gasteiger partial charge is 0.363 e. The van der Waals surface area contributed by atoms with Gasteiger partial charge in [-0.25, -0.2) is 9.79 Å². The van der Waals surface area contributed by atoms with Crippen LogP contribution in [0.5, 0.6) is 0 Å². The number of rotatable bonds is 4. The minimum atomic E-state index is -0.530. The highest BCUT2D eigenvalue weighted by Gasteiger charge is 2.21. The number of non-ortho nitro benzene ring substituents is 1. The summed E-state index contributed by atoms with van der Waals surface area (Å²) in [6.07, 6.45) is 4.74. The number of nitro benzene ring substituents is 1. The summed E-state index contributed by atoms with van der Waals surface area (Å²) in [5.74, 6) is -0.383. The van der Waals surface area contributed by atoms with Crippen molar-refractivity contribution in [1.29, 1.82) is 0 Å². The van der Waals surface area contributed by atoms with Gasteiger partial charge in [-0.05, 0) is 23.3 Å². The lowest BCUT2D eigenvalue weighted by atomic mass is 10.2. The lowest BCUT2D eigenvalue weighted by molar-refractivity contribution is -0.384. The number of nitrogens with zero attached hydrogens (tertiary/aromatic N) is 2. The molecule has 118 valence electrons. The van der Waals surface area contributed by atoms with E-state index in [4.69, 9.17) is 4.74 Å². The third-order valence-electron chi connectivity index (χ3n) is 3.24. The minimum Gasteiger partial charge on any atom is -0.403 e. The van der Waals surface area contributed by atoms with Gasteiger partial charge in [0.05, 0.1) is 4.92 Å². The highest BCUT2D eigenvalue weighted by Crippen LogP contribution is 2.18. The number of nitro groups is 1. The van der Waals surface area contributed by atoms with Crippen LogP contribution < -0.4 is 0 Å². The molecule has 6 heteroatoms. The SMILES string of the molecule is O=C1OC(/C=C\c2cccc([N+](=O)[O-])c2)=NC/1=C/c1ccccc1. The maximum Gasteiger partial charge on any atom is 0.363 e. The van der Waals surface area contributed by atoms with Crippen molar-refractivity contribution >= 4 is 29.7 Å². The molecule has 0 aliphatic carbocycles. The van der Waals surface area contributed by atoms with E-state index >= 15 is 0 Å². The average Bonchev–Trinajstić information content (AvgIpc) is 2.94. The fourth-order valence-electron chi connectivity index (χ4n) is 2.11. The summed E-state index contributed by atoms with van der Waals surface area (Å²) in [6.45, 7) is 0. The third-order valence-corrected chi connectivity index (χ3v) is 3.24. The second-order valence-corrected chi connectivity index (χ2v) is 4.97. The summed E-state index contributed by atoms with van der Waals surface area (Å²) < 4.78 is 5.07. The number of aliphatic imine (C=N–C) groups is 1. The van der Waals surface area contributed by atoms with Gasteiger partial charge in [0.15, 0.2) is 5.70 Å². The van der Waals surface area contributed by atoms with Gasteiger partial charge in [0.1, 0.15) is 0 Å². The van der Waals surface area contributed by atoms with Crippen LogP contribution in [0.4, 0.5) is 5.69 Å². The molecule has 0 amide bonds. The molecule has 3 rings (SSSR count). The molecule has 0 saturated carbocycles. The standard InChI is InChI=1S/C18H12N2O4/c21-18-16(12-13-5-2-1-3-6-13)19-17(24-18)10-9-14-7-4-8-15(11-14)20(22)23/h1-12H/b10-9-,16-12+. The molecule has 0 spiro atoms. The molecule has 0 radical (unpaired) electrons. The molecule has 0 saturated heterocycles. The zero-order chi connectivity index (χ0) is 16.9. The Morgan fingerprint density at radius 1 is 1.00 bits per heavy atom. The fraction of sp³-hybridized carbons (Fsp3) is 0. The number of esters is 1. The van der Waals surface area contributed by atoms with Crippen LogP contribution in [0, 0.1) is 10.1 Å². The monoisotopic (exact) mass is 320 g/mol. The first kappa shape index (κ1) is 15.4. The third kappa shape index (κ3) is 3.61. The van der Waals surface area contributed by atoms with Crippen LogP contribution in [-0.4, -0.2) is 16.8 Å². The molecule has 1 aliphatic rings. The Morgan fingerprint density at radius 2 is 1.75 bits per heavy atom. The average molecular weight is 320 g/mol. The number of carbonyl (C=O) groups excluding carboxylic acids is 1. The van der Waals surface area contributed by atoms with Crippen molar-refractivity contribution in [2.24, 2.45) is 4.99 Å². The predicted molar refractivity (Wildman–Crippen MR) is 90.1 cm³/mol. The highest BCUT2D eigenvalue weighted by molar-refractivity contribution is 6.11. The fourth-order valence-corrected chi connectivity index (χ4v) is 2.11. The van der Waals surface area contributed by atoms with Crippen molar-refractivity contribution in [2.75, 3.05) is 0 Å². The molecule has 0 fully saturated rings. The van der Waals surface area contributed by atoms with Crippen LogP contribution in [0.1, 0.15) is 11.1 Å². The molecule has 1 heterocycles. The van der Waals surface area contributed by atoms with Gasteiger partial charge in [-0.3, -0.25) is 10.1 Å². The summed E-state index contributed by atoms with van der Waals surface area (Å²) in [4.78, 5) is 26.2. The second-order valence-electron chi connectivity index (χ2n) is 4.97. The first-order valence-electron chi connectivity index (χ1n) is 7.12. The van der Waals surface area contributed by atoms with Gasteiger partial charge < -0.3 is 4.74 Å². The summed E-state index contributed by atoms with van der Waals surface area (Å²) in [5.41, 5.74) is 1.66. The van der Waals surface area contributed by atoms with E-state index in [0.717, 1.165) is 5.56 Å². The molecule has 0 atom stereocenters.